The molecule has 0 fully saturated rings. The number of rotatable bonds is 13. The summed E-state index contributed by atoms with van der Waals surface area (Å²) in [5, 5.41) is 0. The van der Waals surface area contributed by atoms with Crippen LogP contribution in [0.1, 0.15) is 48.7 Å². The predicted molar refractivity (Wildman–Crippen MR) is 252 cm³/mol. The van der Waals surface area contributed by atoms with Crippen molar-refractivity contribution in [2.24, 2.45) is 0 Å². The van der Waals surface area contributed by atoms with E-state index in [4.69, 9.17) is 9.72 Å². The predicted octanol–water partition coefficient (Wildman–Crippen LogP) is 7.62. The van der Waals surface area contributed by atoms with E-state index in [0.29, 0.717) is 36.7 Å². The van der Waals surface area contributed by atoms with Crippen molar-refractivity contribution in [2.75, 3.05) is 0 Å². The molecule has 4 heterocycles. The Morgan fingerprint density at radius 1 is 0.545 bits per heavy atom. The number of ketones is 2. The number of benzene rings is 4. The van der Waals surface area contributed by atoms with Gasteiger partial charge < -0.3 is 33.5 Å². The van der Waals surface area contributed by atoms with Crippen LogP contribution in [0.15, 0.2) is 183 Å². The summed E-state index contributed by atoms with van der Waals surface area (Å²) in [6.07, 6.45) is 10.5. The molecule has 0 atom stereocenters. The molecular formula is C55H47IN4O6. The number of ether oxygens (including phenoxy) is 2. The second-order valence-corrected chi connectivity index (χ2v) is 15.0. The van der Waals surface area contributed by atoms with Crippen LogP contribution >= 0.6 is 0 Å². The fourth-order valence-electron chi connectivity index (χ4n) is 6.22. The Bertz CT molecular complexity index is 2790. The molecule has 4 aromatic heterocycles. The Balaban J connectivity index is 0.000000194. The molecule has 0 bridgehead atoms. The summed E-state index contributed by atoms with van der Waals surface area (Å²) in [7, 11) is 0. The summed E-state index contributed by atoms with van der Waals surface area (Å²) in [4.78, 5) is 58.0. The summed E-state index contributed by atoms with van der Waals surface area (Å²) in [5.74, 6) is 0.954. The molecule has 0 aliphatic rings. The molecule has 8 aromatic rings. The summed E-state index contributed by atoms with van der Waals surface area (Å²) in [5.41, 5.74) is 12.1. The van der Waals surface area contributed by atoms with Crippen LogP contribution in [0, 0.1) is 27.7 Å². The van der Waals surface area contributed by atoms with Crippen molar-refractivity contribution >= 4 is 30.6 Å². The first-order valence-corrected chi connectivity index (χ1v) is 20.7. The first-order valence-electron chi connectivity index (χ1n) is 20.7. The van der Waals surface area contributed by atoms with Crippen LogP contribution < -0.4 is 38.0 Å². The van der Waals surface area contributed by atoms with Crippen LogP contribution in [0.4, 0.5) is 0 Å². The highest BCUT2D eigenvalue weighted by Gasteiger charge is 2.12. The topological polar surface area (TPSA) is 129 Å². The normalized spacial score (nSPS) is 10.2. The van der Waals surface area contributed by atoms with Crippen LogP contribution in [0.5, 0.6) is 11.5 Å². The highest BCUT2D eigenvalue weighted by molar-refractivity contribution is 6.05. The highest BCUT2D eigenvalue weighted by atomic mass is 127. The Morgan fingerprint density at radius 3 is 1.64 bits per heavy atom. The second-order valence-electron chi connectivity index (χ2n) is 15.0. The molecule has 0 spiro atoms. The van der Waals surface area contributed by atoms with Crippen LogP contribution in [-0.4, -0.2) is 39.5 Å². The van der Waals surface area contributed by atoms with Gasteiger partial charge in [0.05, 0.1) is 17.1 Å². The number of halogens is 1. The molecule has 10 nitrogen and oxygen atoms in total. The minimum atomic E-state index is -0.154. The number of carbonyl (C=O) groups is 4. The lowest BCUT2D eigenvalue weighted by Crippen LogP contribution is -3.00. The third-order valence-electron chi connectivity index (χ3n) is 9.85. The summed E-state index contributed by atoms with van der Waals surface area (Å²) < 4.78 is 11.5. The number of hydrogen-bond acceptors (Lipinski definition) is 9. The van der Waals surface area contributed by atoms with E-state index in [2.05, 4.69) is 52.0 Å². The average Bonchev–Trinajstić information content (AvgIpc) is 3.33. The van der Waals surface area contributed by atoms with Gasteiger partial charge in [0.25, 0.3) is 12.9 Å². The maximum Gasteiger partial charge on any atom is 0.298 e. The number of aryl methyl sites for hydroxylation is 4. The summed E-state index contributed by atoms with van der Waals surface area (Å²) in [6.45, 7) is 9.21. The molecule has 0 unspecified atom stereocenters. The van der Waals surface area contributed by atoms with E-state index >= 15 is 0 Å². The van der Waals surface area contributed by atoms with Crippen molar-refractivity contribution in [3.63, 3.8) is 0 Å². The van der Waals surface area contributed by atoms with Gasteiger partial charge in [-0.25, -0.2) is 4.98 Å². The van der Waals surface area contributed by atoms with Gasteiger partial charge >= 0.3 is 0 Å². The van der Waals surface area contributed by atoms with Gasteiger partial charge in [-0.05, 0) is 110 Å². The van der Waals surface area contributed by atoms with Gasteiger partial charge in [0.15, 0.2) is 12.4 Å². The number of aromatic nitrogens is 4. The van der Waals surface area contributed by atoms with Crippen molar-refractivity contribution in [2.45, 2.75) is 34.2 Å². The van der Waals surface area contributed by atoms with E-state index in [-0.39, 0.29) is 35.5 Å². The zero-order valence-electron chi connectivity index (χ0n) is 36.9. The monoisotopic (exact) mass is 986 g/mol. The number of hydrogen-bond donors (Lipinski definition) is 0. The molecule has 0 aliphatic heterocycles. The van der Waals surface area contributed by atoms with E-state index in [1.54, 1.807) is 54.7 Å². The van der Waals surface area contributed by atoms with Gasteiger partial charge in [-0.15, -0.1) is 0 Å². The molecule has 0 saturated heterocycles. The fraction of sp³-hybridized carbons (Fsp3) is 0.0909. The van der Waals surface area contributed by atoms with Crippen molar-refractivity contribution in [3.8, 4) is 45.3 Å². The van der Waals surface area contributed by atoms with Gasteiger partial charge in [0, 0.05) is 35.7 Å². The van der Waals surface area contributed by atoms with E-state index in [9.17, 15) is 19.2 Å². The van der Waals surface area contributed by atoms with E-state index in [1.165, 1.54) is 17.2 Å². The van der Waals surface area contributed by atoms with Crippen LogP contribution in [-0.2, 0) is 16.1 Å². The second kappa shape index (κ2) is 24.9. The first-order chi connectivity index (χ1) is 31.6. The molecule has 330 valence electrons. The van der Waals surface area contributed by atoms with E-state index in [0.717, 1.165) is 56.0 Å². The van der Waals surface area contributed by atoms with Gasteiger partial charge in [-0.1, -0.05) is 108 Å². The Morgan fingerprint density at radius 2 is 1.08 bits per heavy atom. The smallest absolute Gasteiger partial charge is 0.298 e. The van der Waals surface area contributed by atoms with Gasteiger partial charge in [-0.3, -0.25) is 29.1 Å². The largest absolute Gasteiger partial charge is 1.00 e. The average molecular weight is 987 g/mol. The summed E-state index contributed by atoms with van der Waals surface area (Å²) >= 11 is 0. The Hall–Kier alpha value is -7.77. The molecule has 0 N–H and O–H groups in total. The SMILES string of the molecule is Cc1ccc(-c2cc(-c3ccc(OC=O)cc3)cc(-c3ccc(C)cn3)n2)cc1.Cc1ccc(C(=O)/C=C/c2ccc(OC=O)cc2)nc1.Cc1ccc(C(=O)C[n+]2ccccc2)cc1.[I-]. The molecule has 0 aliphatic carbocycles. The van der Waals surface area contributed by atoms with Crippen molar-refractivity contribution in [1.82, 2.24) is 15.0 Å². The molecule has 0 radical (unpaired) electrons. The number of carbonyl (C=O) groups excluding carboxylic acids is 4. The van der Waals surface area contributed by atoms with Gasteiger partial charge in [0.1, 0.15) is 17.2 Å². The minimum absolute atomic E-state index is 0. The molecule has 8 rings (SSSR count). The van der Waals surface area contributed by atoms with E-state index in [1.807, 2.05) is 123 Å². The van der Waals surface area contributed by atoms with Crippen molar-refractivity contribution in [3.05, 3.63) is 222 Å². The third-order valence-corrected chi connectivity index (χ3v) is 9.85. The van der Waals surface area contributed by atoms with Crippen molar-refractivity contribution in [1.29, 1.82) is 0 Å². The molecule has 11 heteroatoms. The Labute approximate surface area is 401 Å². The number of nitrogens with zero attached hydrogens (tertiary/aromatic N) is 4. The summed E-state index contributed by atoms with van der Waals surface area (Å²) in [6, 6.07) is 47.7. The maximum atomic E-state index is 11.9. The molecular weight excluding hydrogens is 940 g/mol. The van der Waals surface area contributed by atoms with Crippen LogP contribution in [0.2, 0.25) is 0 Å². The lowest BCUT2D eigenvalue weighted by molar-refractivity contribution is -0.683. The molecule has 0 amide bonds. The molecule has 0 saturated carbocycles. The first kappa shape index (κ1) is 49.2. The quantitative estimate of drug-likeness (QED) is 0.0377. The zero-order valence-corrected chi connectivity index (χ0v) is 39.0. The van der Waals surface area contributed by atoms with Gasteiger partial charge in [0.2, 0.25) is 18.1 Å². The molecule has 4 aromatic carbocycles. The van der Waals surface area contributed by atoms with Crippen LogP contribution in [0.3, 0.4) is 0 Å². The third kappa shape index (κ3) is 14.9. The van der Waals surface area contributed by atoms with Crippen LogP contribution in [0.25, 0.3) is 39.8 Å². The van der Waals surface area contributed by atoms with Gasteiger partial charge in [-0.2, -0.15) is 4.57 Å². The molecule has 66 heavy (non-hydrogen) atoms. The number of Topliss-reactive ketones (excluding diaryl/α,β-unsaturated/α-hetero) is 1. The maximum absolute atomic E-state index is 11.9. The standard InChI is InChI=1S/C25H20N2O2.C16H13NO3.C14H14NO.HI/c1-17-3-6-20(7-4-17)24-13-21(19-8-10-22(11-9-19)29-16-28)14-25(27-24)23-12-5-18(2)15-26-23;1-12-2-8-15(17-10-12)16(19)9-5-13-3-6-14(7-4-13)20-11-18;1-12-5-7-13(8-6-12)14(16)11-15-9-3-2-4-10-15;/h3-16H,1-2H3;2-11H,1H3;2-10H,11H2,1H3;1H/q;;+1;/p-1/b;9-5+;;. The minimum Gasteiger partial charge on any atom is -1.00 e. The number of allylic oxidation sites excluding steroid dienone is 1. The number of pyridine rings is 4. The zero-order chi connectivity index (χ0) is 46.0. The highest BCUT2D eigenvalue weighted by Crippen LogP contribution is 2.31. The lowest BCUT2D eigenvalue weighted by atomic mass is 10.0. The Kier molecular flexibility index (Phi) is 18.6. The fourth-order valence-corrected chi connectivity index (χ4v) is 6.22. The lowest BCUT2D eigenvalue weighted by Gasteiger charge is -2.10. The van der Waals surface area contributed by atoms with Crippen molar-refractivity contribution < 1.29 is 57.2 Å². The van der Waals surface area contributed by atoms with E-state index < -0.39 is 0 Å².